The van der Waals surface area contributed by atoms with Crippen molar-refractivity contribution < 1.29 is 4.79 Å². The highest BCUT2D eigenvalue weighted by molar-refractivity contribution is 5.82. The van der Waals surface area contributed by atoms with E-state index in [0.717, 1.165) is 30.6 Å². The van der Waals surface area contributed by atoms with Crippen molar-refractivity contribution >= 4 is 11.6 Å². The Balaban J connectivity index is 2.11. The molecule has 2 rings (SSSR count). The fourth-order valence-electron chi connectivity index (χ4n) is 3.14. The number of benzene rings is 1. The highest BCUT2D eigenvalue weighted by atomic mass is 16.2. The van der Waals surface area contributed by atoms with E-state index in [-0.39, 0.29) is 5.41 Å². The molecular weight excluding hydrogens is 248 g/mol. The molecule has 3 nitrogen and oxygen atoms in total. The summed E-state index contributed by atoms with van der Waals surface area (Å²) in [5.41, 5.74) is 7.64. The Bertz CT molecular complexity index is 464. The molecule has 0 aliphatic heterocycles. The van der Waals surface area contributed by atoms with Crippen LogP contribution in [0.5, 0.6) is 0 Å². The second-order valence-electron chi connectivity index (χ2n) is 6.14. The van der Waals surface area contributed by atoms with Gasteiger partial charge in [0, 0.05) is 24.2 Å². The number of rotatable bonds is 4. The number of hydrogen-bond acceptors (Lipinski definition) is 2. The summed E-state index contributed by atoms with van der Waals surface area (Å²) in [5.74, 6) is 0.294. The Kier molecular flexibility index (Phi) is 4.69. The van der Waals surface area contributed by atoms with Crippen LogP contribution < -0.4 is 5.73 Å². The summed E-state index contributed by atoms with van der Waals surface area (Å²) in [6.07, 6.45) is 5.65. The molecule has 0 heterocycles. The molecule has 1 amide bonds. The van der Waals surface area contributed by atoms with Crippen molar-refractivity contribution in [3.05, 3.63) is 29.8 Å². The van der Waals surface area contributed by atoms with Gasteiger partial charge in [0.05, 0.1) is 0 Å². The minimum atomic E-state index is -0.169. The molecule has 2 N–H and O–H groups in total. The van der Waals surface area contributed by atoms with Crippen molar-refractivity contribution in [3.63, 3.8) is 0 Å². The van der Waals surface area contributed by atoms with Crippen molar-refractivity contribution in [1.29, 1.82) is 0 Å². The number of carbonyl (C=O) groups excluding carboxylic acids is 1. The number of nitrogens with two attached hydrogens (primary N) is 1. The third kappa shape index (κ3) is 3.14. The van der Waals surface area contributed by atoms with Gasteiger partial charge in [-0.15, -0.1) is 0 Å². The lowest BCUT2D eigenvalue weighted by atomic mass is 9.74. The van der Waals surface area contributed by atoms with E-state index in [0.29, 0.717) is 12.5 Å². The molecule has 0 bridgehead atoms. The van der Waals surface area contributed by atoms with Gasteiger partial charge in [0.1, 0.15) is 0 Å². The summed E-state index contributed by atoms with van der Waals surface area (Å²) < 4.78 is 0. The summed E-state index contributed by atoms with van der Waals surface area (Å²) >= 11 is 0. The largest absolute Gasteiger partial charge is 0.398 e. The molecule has 0 atom stereocenters. The van der Waals surface area contributed by atoms with Crippen molar-refractivity contribution in [3.8, 4) is 0 Å². The maximum absolute atomic E-state index is 12.9. The van der Waals surface area contributed by atoms with Crippen molar-refractivity contribution in [2.45, 2.75) is 52.5 Å². The van der Waals surface area contributed by atoms with Crippen LogP contribution in [0, 0.1) is 5.41 Å². The van der Waals surface area contributed by atoms with Crippen LogP contribution in [0.1, 0.15) is 51.5 Å². The zero-order valence-corrected chi connectivity index (χ0v) is 12.7. The predicted molar refractivity (Wildman–Crippen MR) is 83.1 cm³/mol. The number of amides is 1. The van der Waals surface area contributed by atoms with E-state index in [1.807, 2.05) is 36.1 Å². The number of para-hydroxylation sites is 1. The predicted octanol–water partition coefficient (Wildman–Crippen LogP) is 3.59. The molecule has 3 heteroatoms. The number of anilines is 1. The Labute approximate surface area is 122 Å². The molecule has 1 aromatic carbocycles. The first kappa shape index (κ1) is 14.9. The Morgan fingerprint density at radius 3 is 2.50 bits per heavy atom. The van der Waals surface area contributed by atoms with Crippen molar-refractivity contribution in [1.82, 2.24) is 4.90 Å². The average Bonchev–Trinajstić information content (AvgIpc) is 2.46. The summed E-state index contributed by atoms with van der Waals surface area (Å²) in [5, 5.41) is 0. The lowest BCUT2D eigenvalue weighted by Gasteiger charge is -2.37. The van der Waals surface area contributed by atoms with Gasteiger partial charge in [0.2, 0.25) is 5.91 Å². The molecule has 0 radical (unpaired) electrons. The van der Waals surface area contributed by atoms with Gasteiger partial charge in [0.15, 0.2) is 0 Å². The Hall–Kier alpha value is -1.51. The molecule has 0 unspecified atom stereocenters. The van der Waals surface area contributed by atoms with E-state index in [4.69, 9.17) is 5.73 Å². The van der Waals surface area contributed by atoms with Crippen LogP contribution in [0.25, 0.3) is 0 Å². The topological polar surface area (TPSA) is 46.3 Å². The fourth-order valence-corrected chi connectivity index (χ4v) is 3.14. The van der Waals surface area contributed by atoms with Crippen LogP contribution >= 0.6 is 0 Å². The summed E-state index contributed by atoms with van der Waals surface area (Å²) in [6, 6.07) is 7.82. The van der Waals surface area contributed by atoms with Gasteiger partial charge in [-0.1, -0.05) is 44.4 Å². The molecular formula is C17H26N2O. The van der Waals surface area contributed by atoms with Crippen LogP contribution in [0.3, 0.4) is 0 Å². The van der Waals surface area contributed by atoms with Gasteiger partial charge < -0.3 is 10.6 Å². The fraction of sp³-hybridized carbons (Fsp3) is 0.588. The van der Waals surface area contributed by atoms with Crippen LogP contribution in [0.4, 0.5) is 5.69 Å². The van der Waals surface area contributed by atoms with Crippen molar-refractivity contribution in [2.75, 3.05) is 12.3 Å². The van der Waals surface area contributed by atoms with E-state index >= 15 is 0 Å². The minimum Gasteiger partial charge on any atom is -0.398 e. The van der Waals surface area contributed by atoms with Gasteiger partial charge in [-0.25, -0.2) is 0 Å². The highest BCUT2D eigenvalue weighted by Crippen LogP contribution is 2.37. The highest BCUT2D eigenvalue weighted by Gasteiger charge is 2.37. The summed E-state index contributed by atoms with van der Waals surface area (Å²) in [4.78, 5) is 14.8. The molecule has 1 aliphatic carbocycles. The third-order valence-corrected chi connectivity index (χ3v) is 4.56. The van der Waals surface area contributed by atoms with Crippen LogP contribution in [0.15, 0.2) is 24.3 Å². The number of hydrogen-bond donors (Lipinski definition) is 1. The quantitative estimate of drug-likeness (QED) is 0.853. The zero-order chi connectivity index (χ0) is 14.6. The van der Waals surface area contributed by atoms with E-state index in [1.165, 1.54) is 19.3 Å². The molecule has 1 aromatic rings. The molecule has 1 aliphatic rings. The summed E-state index contributed by atoms with van der Waals surface area (Å²) in [7, 11) is 0. The Morgan fingerprint density at radius 2 is 1.90 bits per heavy atom. The second kappa shape index (κ2) is 6.29. The van der Waals surface area contributed by atoms with Gasteiger partial charge in [-0.05, 0) is 31.4 Å². The van der Waals surface area contributed by atoms with E-state index in [1.54, 1.807) is 0 Å². The zero-order valence-electron chi connectivity index (χ0n) is 12.7. The monoisotopic (exact) mass is 274 g/mol. The van der Waals surface area contributed by atoms with Gasteiger partial charge >= 0.3 is 0 Å². The average molecular weight is 274 g/mol. The molecule has 20 heavy (non-hydrogen) atoms. The molecule has 0 spiro atoms. The number of nitrogens with zero attached hydrogens (tertiary/aromatic N) is 1. The molecule has 1 saturated carbocycles. The molecule has 0 saturated heterocycles. The van der Waals surface area contributed by atoms with E-state index < -0.39 is 0 Å². The summed E-state index contributed by atoms with van der Waals surface area (Å²) in [6.45, 7) is 5.54. The van der Waals surface area contributed by atoms with Crippen LogP contribution in [-0.4, -0.2) is 17.4 Å². The SMILES string of the molecule is CCN(Cc1ccccc1N)C(=O)C1(C)CCCCC1. The number of nitrogen functional groups attached to an aromatic ring is 1. The van der Waals surface area contributed by atoms with Gasteiger partial charge in [-0.3, -0.25) is 4.79 Å². The lowest BCUT2D eigenvalue weighted by molar-refractivity contribution is -0.143. The Morgan fingerprint density at radius 1 is 1.25 bits per heavy atom. The van der Waals surface area contributed by atoms with Crippen LogP contribution in [0.2, 0.25) is 0 Å². The maximum atomic E-state index is 12.9. The molecule has 1 fully saturated rings. The standard InChI is InChI=1S/C17H26N2O/c1-3-19(13-14-9-5-6-10-15(14)18)16(20)17(2)11-7-4-8-12-17/h5-6,9-10H,3-4,7-8,11-13,18H2,1-2H3. The first-order chi connectivity index (χ1) is 9.57. The first-order valence-corrected chi connectivity index (χ1v) is 7.69. The van der Waals surface area contributed by atoms with E-state index in [9.17, 15) is 4.79 Å². The van der Waals surface area contributed by atoms with Gasteiger partial charge in [0.25, 0.3) is 0 Å². The maximum Gasteiger partial charge on any atom is 0.228 e. The lowest BCUT2D eigenvalue weighted by Crippen LogP contribution is -2.43. The molecule has 0 aromatic heterocycles. The first-order valence-electron chi connectivity index (χ1n) is 7.69. The minimum absolute atomic E-state index is 0.169. The van der Waals surface area contributed by atoms with Crippen molar-refractivity contribution in [2.24, 2.45) is 5.41 Å². The third-order valence-electron chi connectivity index (χ3n) is 4.56. The molecule has 110 valence electrons. The smallest absolute Gasteiger partial charge is 0.228 e. The van der Waals surface area contributed by atoms with E-state index in [2.05, 4.69) is 6.92 Å². The van der Waals surface area contributed by atoms with Gasteiger partial charge in [-0.2, -0.15) is 0 Å². The number of carbonyl (C=O) groups is 1. The second-order valence-corrected chi connectivity index (χ2v) is 6.14. The van der Waals surface area contributed by atoms with Crippen LogP contribution in [-0.2, 0) is 11.3 Å². The normalized spacial score (nSPS) is 17.7.